The number of hydrogen-bond donors (Lipinski definition) is 1. The molecule has 0 saturated heterocycles. The van der Waals surface area contributed by atoms with Gasteiger partial charge in [-0.05, 0) is 36.8 Å². The van der Waals surface area contributed by atoms with E-state index in [4.69, 9.17) is 4.74 Å². The number of benzene rings is 2. The van der Waals surface area contributed by atoms with Gasteiger partial charge in [-0.15, -0.1) is 0 Å². The van der Waals surface area contributed by atoms with E-state index in [2.05, 4.69) is 9.97 Å². The van der Waals surface area contributed by atoms with Crippen molar-refractivity contribution in [1.29, 1.82) is 0 Å². The number of carbonyl (C=O) groups excluding carboxylic acids is 1. The average molecular weight is 326 g/mol. The Morgan fingerprint density at radius 1 is 1.21 bits per heavy atom. The Balaban J connectivity index is 1.74. The zero-order valence-corrected chi connectivity index (χ0v) is 13.0. The second-order valence-corrected chi connectivity index (χ2v) is 5.40. The van der Waals surface area contributed by atoms with Crippen molar-refractivity contribution >= 4 is 16.9 Å². The minimum absolute atomic E-state index is 0.0163. The Morgan fingerprint density at radius 3 is 2.67 bits per heavy atom. The number of nitrogens with one attached hydrogen (secondary N) is 1. The van der Waals surface area contributed by atoms with Crippen molar-refractivity contribution in [3.8, 4) is 0 Å². The molecular formula is C18H15FN2O3. The highest BCUT2D eigenvalue weighted by atomic mass is 19.1. The van der Waals surface area contributed by atoms with Crippen LogP contribution in [0.2, 0.25) is 0 Å². The fourth-order valence-electron chi connectivity index (χ4n) is 2.36. The van der Waals surface area contributed by atoms with Gasteiger partial charge in [0.2, 0.25) is 0 Å². The maximum atomic E-state index is 12.9. The van der Waals surface area contributed by atoms with E-state index in [-0.39, 0.29) is 23.6 Å². The largest absolute Gasteiger partial charge is 0.454 e. The van der Waals surface area contributed by atoms with E-state index in [9.17, 15) is 14.0 Å². The number of ether oxygens (including phenoxy) is 1. The monoisotopic (exact) mass is 326 g/mol. The van der Waals surface area contributed by atoms with E-state index in [1.807, 2.05) is 0 Å². The Kier molecular flexibility index (Phi) is 4.37. The molecule has 0 saturated carbocycles. The molecule has 122 valence electrons. The van der Waals surface area contributed by atoms with E-state index in [0.717, 1.165) is 0 Å². The summed E-state index contributed by atoms with van der Waals surface area (Å²) in [6, 6.07) is 12.6. The summed E-state index contributed by atoms with van der Waals surface area (Å²) in [6.45, 7) is 1.63. The third kappa shape index (κ3) is 3.48. The third-order valence-electron chi connectivity index (χ3n) is 3.59. The van der Waals surface area contributed by atoms with Crippen LogP contribution in [0.4, 0.5) is 4.39 Å². The van der Waals surface area contributed by atoms with Crippen LogP contribution >= 0.6 is 0 Å². The second-order valence-electron chi connectivity index (χ2n) is 5.40. The van der Waals surface area contributed by atoms with Gasteiger partial charge in [0.05, 0.1) is 17.3 Å². The number of rotatable bonds is 4. The molecule has 0 bridgehead atoms. The van der Waals surface area contributed by atoms with Crippen molar-refractivity contribution in [2.24, 2.45) is 0 Å². The Hall–Kier alpha value is -3.02. The lowest BCUT2D eigenvalue weighted by Gasteiger charge is -2.13. The molecule has 1 aromatic heterocycles. The molecule has 5 nitrogen and oxygen atoms in total. The van der Waals surface area contributed by atoms with Crippen LogP contribution in [0.25, 0.3) is 10.9 Å². The van der Waals surface area contributed by atoms with E-state index >= 15 is 0 Å². The number of carbonyl (C=O) groups is 1. The van der Waals surface area contributed by atoms with Crippen LogP contribution in [-0.4, -0.2) is 15.9 Å². The van der Waals surface area contributed by atoms with Crippen LogP contribution in [0.5, 0.6) is 0 Å². The fraction of sp³-hybridized carbons (Fsp3) is 0.167. The summed E-state index contributed by atoms with van der Waals surface area (Å²) in [4.78, 5) is 31.0. The lowest BCUT2D eigenvalue weighted by molar-refractivity contribution is -0.148. The molecule has 6 heteroatoms. The van der Waals surface area contributed by atoms with Crippen LogP contribution in [0.3, 0.4) is 0 Å². The van der Waals surface area contributed by atoms with Crippen molar-refractivity contribution in [3.05, 3.63) is 76.1 Å². The summed E-state index contributed by atoms with van der Waals surface area (Å²) in [5, 5.41) is 0.478. The second kappa shape index (κ2) is 6.62. The van der Waals surface area contributed by atoms with Gasteiger partial charge < -0.3 is 9.72 Å². The number of halogens is 1. The molecule has 2 aromatic carbocycles. The smallest absolute Gasteiger partial charge is 0.310 e. The SMILES string of the molecule is C[C@H](OC(=O)Cc1ccc(F)cc1)c1nc2ccccc2c(=O)[nH]1. The van der Waals surface area contributed by atoms with E-state index in [1.54, 1.807) is 31.2 Å². The van der Waals surface area contributed by atoms with Gasteiger partial charge in [0.1, 0.15) is 5.82 Å². The van der Waals surface area contributed by atoms with Crippen LogP contribution < -0.4 is 5.56 Å². The quantitative estimate of drug-likeness (QED) is 0.748. The summed E-state index contributed by atoms with van der Waals surface area (Å²) in [6.07, 6.45) is -0.683. The maximum Gasteiger partial charge on any atom is 0.310 e. The number of H-pyrrole nitrogens is 1. The first-order valence-corrected chi connectivity index (χ1v) is 7.46. The highest BCUT2D eigenvalue weighted by molar-refractivity contribution is 5.77. The van der Waals surface area contributed by atoms with Gasteiger partial charge in [0.15, 0.2) is 11.9 Å². The Morgan fingerprint density at radius 2 is 1.92 bits per heavy atom. The summed E-state index contributed by atoms with van der Waals surface area (Å²) in [5.41, 5.74) is 0.906. The minimum atomic E-state index is -0.699. The molecule has 0 aliphatic heterocycles. The number of nitrogens with zero attached hydrogens (tertiary/aromatic N) is 1. The first-order chi connectivity index (χ1) is 11.5. The van der Waals surface area contributed by atoms with Crippen LogP contribution in [0, 0.1) is 5.82 Å². The molecule has 0 aliphatic carbocycles. The van der Waals surface area contributed by atoms with Gasteiger partial charge in [-0.1, -0.05) is 24.3 Å². The van der Waals surface area contributed by atoms with Crippen LogP contribution in [-0.2, 0) is 16.0 Å². The van der Waals surface area contributed by atoms with Gasteiger partial charge >= 0.3 is 5.97 Å². The molecule has 1 heterocycles. The van der Waals surface area contributed by atoms with Crippen molar-refractivity contribution in [1.82, 2.24) is 9.97 Å². The van der Waals surface area contributed by atoms with Crippen LogP contribution in [0.1, 0.15) is 24.4 Å². The molecule has 1 N–H and O–H groups in total. The van der Waals surface area contributed by atoms with Gasteiger partial charge in [-0.25, -0.2) is 9.37 Å². The highest BCUT2D eigenvalue weighted by Crippen LogP contribution is 2.15. The maximum absolute atomic E-state index is 12.9. The molecule has 0 spiro atoms. The number of esters is 1. The highest BCUT2D eigenvalue weighted by Gasteiger charge is 2.16. The van der Waals surface area contributed by atoms with Gasteiger partial charge in [0, 0.05) is 0 Å². The van der Waals surface area contributed by atoms with Crippen molar-refractivity contribution in [2.75, 3.05) is 0 Å². The molecule has 0 fully saturated rings. The minimum Gasteiger partial charge on any atom is -0.454 e. The molecule has 1 atom stereocenters. The van der Waals surface area contributed by atoms with E-state index < -0.39 is 12.1 Å². The van der Waals surface area contributed by atoms with Gasteiger partial charge in [-0.2, -0.15) is 0 Å². The molecule has 3 rings (SSSR count). The summed E-state index contributed by atoms with van der Waals surface area (Å²) >= 11 is 0. The number of aromatic nitrogens is 2. The lowest BCUT2D eigenvalue weighted by Crippen LogP contribution is -2.18. The summed E-state index contributed by atoms with van der Waals surface area (Å²) in [7, 11) is 0. The zero-order valence-electron chi connectivity index (χ0n) is 13.0. The molecule has 24 heavy (non-hydrogen) atoms. The van der Waals surface area contributed by atoms with Crippen LogP contribution in [0.15, 0.2) is 53.3 Å². The molecule has 0 unspecified atom stereocenters. The standard InChI is InChI=1S/C18H15FN2O3/c1-11(24-16(22)10-12-6-8-13(19)9-7-12)17-20-15-5-3-2-4-14(15)18(23)21-17/h2-9,11H,10H2,1H3,(H,20,21,23)/t11-/m0/s1. The predicted octanol–water partition coefficient (Wildman–Crippen LogP) is 2.91. The number of hydrogen-bond acceptors (Lipinski definition) is 4. The normalized spacial score (nSPS) is 12.1. The zero-order chi connectivity index (χ0) is 17.1. The first kappa shape index (κ1) is 15.9. The number of para-hydroxylation sites is 1. The fourth-order valence-corrected chi connectivity index (χ4v) is 2.36. The average Bonchev–Trinajstić information content (AvgIpc) is 2.57. The van der Waals surface area contributed by atoms with Crippen molar-refractivity contribution < 1.29 is 13.9 Å². The molecule has 0 radical (unpaired) electrons. The predicted molar refractivity (Wildman–Crippen MR) is 87.0 cm³/mol. The molecule has 0 amide bonds. The Labute approximate surface area is 137 Å². The number of fused-ring (bicyclic) bond motifs is 1. The van der Waals surface area contributed by atoms with Gasteiger partial charge in [0.25, 0.3) is 5.56 Å². The van der Waals surface area contributed by atoms with E-state index in [1.165, 1.54) is 24.3 Å². The topological polar surface area (TPSA) is 72.0 Å². The molecule has 3 aromatic rings. The summed E-state index contributed by atoms with van der Waals surface area (Å²) < 4.78 is 18.2. The molecule has 0 aliphatic rings. The number of aromatic amines is 1. The van der Waals surface area contributed by atoms with Gasteiger partial charge in [-0.3, -0.25) is 9.59 Å². The van der Waals surface area contributed by atoms with E-state index in [0.29, 0.717) is 16.5 Å². The lowest BCUT2D eigenvalue weighted by atomic mass is 10.1. The third-order valence-corrected chi connectivity index (χ3v) is 3.59. The van der Waals surface area contributed by atoms with Crippen molar-refractivity contribution in [2.45, 2.75) is 19.4 Å². The molecular weight excluding hydrogens is 311 g/mol. The van der Waals surface area contributed by atoms with Crippen molar-refractivity contribution in [3.63, 3.8) is 0 Å². The summed E-state index contributed by atoms with van der Waals surface area (Å²) in [5.74, 6) is -0.561. The first-order valence-electron chi connectivity index (χ1n) is 7.46. The Bertz CT molecular complexity index is 935.